The Kier molecular flexibility index (Phi) is 12.9. The Balaban J connectivity index is 2.20. The number of carboxylic acids is 1. The number of carboxylic acid groups (broad SMARTS) is 1. The van der Waals surface area contributed by atoms with Gasteiger partial charge in [-0.2, -0.15) is 0 Å². The summed E-state index contributed by atoms with van der Waals surface area (Å²) >= 11 is 0. The zero-order valence-electron chi connectivity index (χ0n) is 16.5. The van der Waals surface area contributed by atoms with Gasteiger partial charge in [0.2, 0.25) is 0 Å². The van der Waals surface area contributed by atoms with Crippen molar-refractivity contribution in [3.8, 4) is 0 Å². The number of hydrogen-bond donors (Lipinski definition) is 2. The molecule has 1 fully saturated rings. The standard InChI is InChI=1S/C23H38O3/c1-2-3-4-5-6-9-12-15-21(20-18-19-20)22(24)16-13-10-7-8-11-14-17-23(25)26/h6-9,13,16,20-22,24H,2-5,10-12,14-15,17-19H2,1H3,(H,25,26)/b8-7-,9-6-,16-13-/t21-,22+/m1/s1. The van der Waals surface area contributed by atoms with E-state index in [0.717, 1.165) is 25.7 Å². The molecule has 1 saturated carbocycles. The van der Waals surface area contributed by atoms with Crippen LogP contribution in [0.5, 0.6) is 0 Å². The summed E-state index contributed by atoms with van der Waals surface area (Å²) < 4.78 is 0. The van der Waals surface area contributed by atoms with Crippen LogP contribution in [0, 0.1) is 11.8 Å². The normalized spacial score (nSPS) is 17.5. The van der Waals surface area contributed by atoms with Gasteiger partial charge >= 0.3 is 5.97 Å². The van der Waals surface area contributed by atoms with Gasteiger partial charge in [0.05, 0.1) is 6.10 Å². The Bertz CT molecular complexity index is 446. The first-order valence-electron chi connectivity index (χ1n) is 10.5. The number of allylic oxidation sites excluding steroid dienone is 5. The minimum Gasteiger partial charge on any atom is -0.481 e. The zero-order valence-corrected chi connectivity index (χ0v) is 16.5. The predicted octanol–water partition coefficient (Wildman–Crippen LogP) is 6.05. The van der Waals surface area contributed by atoms with E-state index in [9.17, 15) is 9.90 Å². The fourth-order valence-electron chi connectivity index (χ4n) is 3.27. The number of aliphatic hydroxyl groups is 1. The summed E-state index contributed by atoms with van der Waals surface area (Å²) in [6, 6.07) is 0. The number of aliphatic hydroxyl groups excluding tert-OH is 1. The first kappa shape index (κ1) is 22.7. The van der Waals surface area contributed by atoms with Crippen LogP contribution in [-0.4, -0.2) is 22.3 Å². The second kappa shape index (κ2) is 14.8. The van der Waals surface area contributed by atoms with Gasteiger partial charge in [0.15, 0.2) is 0 Å². The Hall–Kier alpha value is -1.35. The molecule has 0 spiro atoms. The smallest absolute Gasteiger partial charge is 0.303 e. The molecule has 0 bridgehead atoms. The van der Waals surface area contributed by atoms with Crippen molar-refractivity contribution in [2.24, 2.45) is 11.8 Å². The van der Waals surface area contributed by atoms with Crippen LogP contribution in [0.15, 0.2) is 36.5 Å². The maximum Gasteiger partial charge on any atom is 0.303 e. The van der Waals surface area contributed by atoms with E-state index in [0.29, 0.717) is 18.3 Å². The number of carbonyl (C=O) groups is 1. The third kappa shape index (κ3) is 12.1. The van der Waals surface area contributed by atoms with Gasteiger partial charge in [-0.1, -0.05) is 56.2 Å². The average molecular weight is 363 g/mol. The summed E-state index contributed by atoms with van der Waals surface area (Å²) in [7, 11) is 0. The molecule has 26 heavy (non-hydrogen) atoms. The Labute approximate surface area is 159 Å². The molecule has 0 saturated heterocycles. The molecule has 0 heterocycles. The van der Waals surface area contributed by atoms with Gasteiger partial charge in [0.1, 0.15) is 0 Å². The van der Waals surface area contributed by atoms with Crippen LogP contribution in [0.1, 0.15) is 84.0 Å². The Morgan fingerprint density at radius 1 is 1.00 bits per heavy atom. The van der Waals surface area contributed by atoms with Crippen molar-refractivity contribution in [3.63, 3.8) is 0 Å². The van der Waals surface area contributed by atoms with E-state index >= 15 is 0 Å². The first-order valence-corrected chi connectivity index (χ1v) is 10.5. The fourth-order valence-corrected chi connectivity index (χ4v) is 3.27. The monoisotopic (exact) mass is 362 g/mol. The van der Waals surface area contributed by atoms with Crippen molar-refractivity contribution in [1.82, 2.24) is 0 Å². The Morgan fingerprint density at radius 2 is 1.69 bits per heavy atom. The van der Waals surface area contributed by atoms with Gasteiger partial charge in [0, 0.05) is 6.42 Å². The van der Waals surface area contributed by atoms with Crippen LogP contribution in [0.3, 0.4) is 0 Å². The highest BCUT2D eigenvalue weighted by atomic mass is 16.4. The summed E-state index contributed by atoms with van der Waals surface area (Å²) in [5.41, 5.74) is 0. The van der Waals surface area contributed by atoms with E-state index in [1.165, 1.54) is 38.5 Å². The molecule has 1 aliphatic rings. The minimum atomic E-state index is -0.733. The molecular weight excluding hydrogens is 324 g/mol. The molecule has 1 rings (SSSR count). The first-order chi connectivity index (χ1) is 12.6. The summed E-state index contributed by atoms with van der Waals surface area (Å²) in [4.78, 5) is 10.4. The molecule has 0 amide bonds. The molecule has 0 aromatic rings. The van der Waals surface area contributed by atoms with Crippen molar-refractivity contribution in [1.29, 1.82) is 0 Å². The lowest BCUT2D eigenvalue weighted by Gasteiger charge is -2.19. The lowest BCUT2D eigenvalue weighted by Crippen LogP contribution is -2.20. The number of aliphatic carboxylic acids is 1. The lowest BCUT2D eigenvalue weighted by molar-refractivity contribution is -0.137. The maximum atomic E-state index is 10.5. The van der Waals surface area contributed by atoms with Gasteiger partial charge in [0.25, 0.3) is 0 Å². The molecule has 0 aliphatic heterocycles. The van der Waals surface area contributed by atoms with E-state index in [4.69, 9.17) is 5.11 Å². The number of rotatable bonds is 16. The van der Waals surface area contributed by atoms with E-state index in [1.807, 2.05) is 18.2 Å². The van der Waals surface area contributed by atoms with E-state index in [1.54, 1.807) is 0 Å². The van der Waals surface area contributed by atoms with Crippen LogP contribution < -0.4 is 0 Å². The van der Waals surface area contributed by atoms with Crippen molar-refractivity contribution >= 4 is 5.97 Å². The molecule has 2 N–H and O–H groups in total. The second-order valence-corrected chi connectivity index (χ2v) is 7.46. The van der Waals surface area contributed by atoms with E-state index < -0.39 is 5.97 Å². The summed E-state index contributed by atoms with van der Waals surface area (Å²) in [5.74, 6) is 0.365. The van der Waals surface area contributed by atoms with Crippen molar-refractivity contribution in [3.05, 3.63) is 36.5 Å². The van der Waals surface area contributed by atoms with Crippen molar-refractivity contribution in [2.75, 3.05) is 0 Å². The highest BCUT2D eigenvalue weighted by Gasteiger charge is 2.34. The molecule has 0 unspecified atom stereocenters. The molecular formula is C23H38O3. The summed E-state index contributed by atoms with van der Waals surface area (Å²) in [6.45, 7) is 2.23. The van der Waals surface area contributed by atoms with E-state index in [2.05, 4.69) is 25.2 Å². The van der Waals surface area contributed by atoms with Crippen LogP contribution in [0.4, 0.5) is 0 Å². The quantitative estimate of drug-likeness (QED) is 0.260. The van der Waals surface area contributed by atoms with Gasteiger partial charge < -0.3 is 10.2 Å². The molecule has 148 valence electrons. The molecule has 0 radical (unpaired) electrons. The Morgan fingerprint density at radius 3 is 2.38 bits per heavy atom. The largest absolute Gasteiger partial charge is 0.481 e. The number of unbranched alkanes of at least 4 members (excludes halogenated alkanes) is 4. The summed E-state index contributed by atoms with van der Waals surface area (Å²) in [5, 5.41) is 19.1. The highest BCUT2D eigenvalue weighted by molar-refractivity contribution is 5.66. The maximum absolute atomic E-state index is 10.5. The molecule has 0 aromatic heterocycles. The highest BCUT2D eigenvalue weighted by Crippen LogP contribution is 2.41. The van der Waals surface area contributed by atoms with Gasteiger partial charge in [-0.3, -0.25) is 4.79 Å². The zero-order chi connectivity index (χ0) is 19.0. The van der Waals surface area contributed by atoms with Crippen LogP contribution in [0.25, 0.3) is 0 Å². The molecule has 3 heteroatoms. The van der Waals surface area contributed by atoms with Gasteiger partial charge in [-0.15, -0.1) is 0 Å². The molecule has 0 aromatic carbocycles. The van der Waals surface area contributed by atoms with Gasteiger partial charge in [-0.25, -0.2) is 0 Å². The molecule has 1 aliphatic carbocycles. The SMILES string of the molecule is CCCCC/C=C\CC[C@H](C1CC1)[C@@H](O)/C=C\C/C=C\CCCC(=O)O. The van der Waals surface area contributed by atoms with Crippen LogP contribution >= 0.6 is 0 Å². The predicted molar refractivity (Wildman–Crippen MR) is 109 cm³/mol. The molecule has 2 atom stereocenters. The fraction of sp³-hybridized carbons (Fsp3) is 0.696. The second-order valence-electron chi connectivity index (χ2n) is 7.46. The van der Waals surface area contributed by atoms with Crippen LogP contribution in [0.2, 0.25) is 0 Å². The third-order valence-corrected chi connectivity index (χ3v) is 5.01. The minimum absolute atomic E-state index is 0.231. The van der Waals surface area contributed by atoms with E-state index in [-0.39, 0.29) is 12.5 Å². The van der Waals surface area contributed by atoms with Gasteiger partial charge in [-0.05, 0) is 69.6 Å². The topological polar surface area (TPSA) is 57.5 Å². The van der Waals surface area contributed by atoms with Crippen molar-refractivity contribution < 1.29 is 15.0 Å². The average Bonchev–Trinajstić information content (AvgIpc) is 3.44. The molecule has 3 nitrogen and oxygen atoms in total. The number of hydrogen-bond acceptors (Lipinski definition) is 2. The lowest BCUT2D eigenvalue weighted by atomic mass is 9.91. The summed E-state index contributed by atoms with van der Waals surface area (Å²) in [6.07, 6.45) is 24.6. The van der Waals surface area contributed by atoms with Crippen LogP contribution in [-0.2, 0) is 4.79 Å². The third-order valence-electron chi connectivity index (χ3n) is 5.01. The van der Waals surface area contributed by atoms with Crippen molar-refractivity contribution in [2.45, 2.75) is 90.1 Å².